The Kier molecular flexibility index (Phi) is 4.66. The molecule has 1 aromatic heterocycles. The first kappa shape index (κ1) is 14.2. The van der Waals surface area contributed by atoms with E-state index < -0.39 is 5.82 Å². The zero-order valence-electron chi connectivity index (χ0n) is 10.5. The SMILES string of the molecule is CCCCn1ccnc1Nc1cc(Cl)c(F)c(Cl)c1. The zero-order chi connectivity index (χ0) is 13.8. The Bertz CT molecular complexity index is 546. The minimum absolute atomic E-state index is 0.0123. The largest absolute Gasteiger partial charge is 0.326 e. The molecule has 3 nitrogen and oxygen atoms in total. The number of nitrogens with one attached hydrogen (secondary N) is 1. The van der Waals surface area contributed by atoms with Gasteiger partial charge in [0.1, 0.15) is 0 Å². The van der Waals surface area contributed by atoms with E-state index in [9.17, 15) is 4.39 Å². The van der Waals surface area contributed by atoms with E-state index in [2.05, 4.69) is 17.2 Å². The third-order valence-corrected chi connectivity index (χ3v) is 3.26. The Hall–Kier alpha value is -1.26. The number of benzene rings is 1. The smallest absolute Gasteiger partial charge is 0.207 e. The van der Waals surface area contributed by atoms with Gasteiger partial charge in [-0.25, -0.2) is 9.37 Å². The second-order valence-electron chi connectivity index (χ2n) is 4.18. The summed E-state index contributed by atoms with van der Waals surface area (Å²) in [6.07, 6.45) is 5.78. The van der Waals surface area contributed by atoms with Crippen molar-refractivity contribution in [3.05, 3.63) is 40.4 Å². The molecule has 0 unspecified atom stereocenters. The highest BCUT2D eigenvalue weighted by Gasteiger charge is 2.09. The Morgan fingerprint density at radius 2 is 2.00 bits per heavy atom. The normalized spacial score (nSPS) is 10.7. The van der Waals surface area contributed by atoms with Gasteiger partial charge in [0.25, 0.3) is 0 Å². The van der Waals surface area contributed by atoms with Crippen molar-refractivity contribution in [2.24, 2.45) is 0 Å². The molecular formula is C13H14Cl2FN3. The van der Waals surface area contributed by atoms with Crippen LogP contribution in [-0.4, -0.2) is 9.55 Å². The molecule has 0 saturated carbocycles. The number of aromatic nitrogens is 2. The molecule has 2 aromatic rings. The van der Waals surface area contributed by atoms with Gasteiger partial charge >= 0.3 is 0 Å². The quantitative estimate of drug-likeness (QED) is 0.798. The van der Waals surface area contributed by atoms with Crippen LogP contribution in [-0.2, 0) is 6.54 Å². The van der Waals surface area contributed by atoms with Crippen molar-refractivity contribution < 1.29 is 4.39 Å². The first-order valence-corrected chi connectivity index (χ1v) is 6.80. The van der Waals surface area contributed by atoms with Crippen molar-refractivity contribution in [1.29, 1.82) is 0 Å². The Balaban J connectivity index is 2.19. The minimum Gasteiger partial charge on any atom is -0.326 e. The summed E-state index contributed by atoms with van der Waals surface area (Å²) >= 11 is 11.5. The van der Waals surface area contributed by atoms with E-state index in [1.54, 1.807) is 6.20 Å². The standard InChI is InChI=1S/C13H14Cl2FN3/c1-2-3-5-19-6-4-17-13(19)18-9-7-10(14)12(16)11(15)8-9/h4,6-8H,2-3,5H2,1H3,(H,17,18). The van der Waals surface area contributed by atoms with Crippen LogP contribution in [0, 0.1) is 5.82 Å². The number of unbranched alkanes of at least 4 members (excludes halogenated alkanes) is 1. The van der Waals surface area contributed by atoms with Crippen LogP contribution in [0.15, 0.2) is 24.5 Å². The van der Waals surface area contributed by atoms with Crippen molar-refractivity contribution in [1.82, 2.24) is 9.55 Å². The first-order valence-electron chi connectivity index (χ1n) is 6.04. The van der Waals surface area contributed by atoms with E-state index in [1.165, 1.54) is 12.1 Å². The maximum Gasteiger partial charge on any atom is 0.207 e. The van der Waals surface area contributed by atoms with Gasteiger partial charge in [0.15, 0.2) is 5.82 Å². The third-order valence-electron chi connectivity index (χ3n) is 2.71. The zero-order valence-corrected chi connectivity index (χ0v) is 12.0. The van der Waals surface area contributed by atoms with Crippen molar-refractivity contribution in [2.75, 3.05) is 5.32 Å². The number of hydrogen-bond donors (Lipinski definition) is 1. The second kappa shape index (κ2) is 6.26. The highest BCUT2D eigenvalue weighted by molar-refractivity contribution is 6.35. The van der Waals surface area contributed by atoms with E-state index in [1.807, 2.05) is 10.8 Å². The van der Waals surface area contributed by atoms with Crippen LogP contribution in [0.1, 0.15) is 19.8 Å². The lowest BCUT2D eigenvalue weighted by atomic mass is 10.3. The molecule has 1 heterocycles. The summed E-state index contributed by atoms with van der Waals surface area (Å²) in [5.41, 5.74) is 0.611. The van der Waals surface area contributed by atoms with Crippen LogP contribution >= 0.6 is 23.2 Å². The summed E-state index contributed by atoms with van der Waals surface area (Å²) in [4.78, 5) is 4.22. The van der Waals surface area contributed by atoms with E-state index in [0.29, 0.717) is 11.6 Å². The maximum absolute atomic E-state index is 13.3. The molecule has 0 atom stereocenters. The van der Waals surface area contributed by atoms with Crippen LogP contribution < -0.4 is 5.32 Å². The lowest BCUT2D eigenvalue weighted by Gasteiger charge is -2.10. The summed E-state index contributed by atoms with van der Waals surface area (Å²) in [7, 11) is 0. The van der Waals surface area contributed by atoms with Crippen LogP contribution in [0.25, 0.3) is 0 Å². The molecule has 0 amide bonds. The van der Waals surface area contributed by atoms with E-state index in [0.717, 1.165) is 19.4 Å². The van der Waals surface area contributed by atoms with Crippen LogP contribution in [0.2, 0.25) is 10.0 Å². The highest BCUT2D eigenvalue weighted by atomic mass is 35.5. The fourth-order valence-electron chi connectivity index (χ4n) is 1.70. The lowest BCUT2D eigenvalue weighted by Crippen LogP contribution is -2.03. The fourth-order valence-corrected chi connectivity index (χ4v) is 2.19. The molecule has 1 N–H and O–H groups in total. The predicted molar refractivity (Wildman–Crippen MR) is 76.8 cm³/mol. The van der Waals surface area contributed by atoms with Crippen molar-refractivity contribution >= 4 is 34.8 Å². The van der Waals surface area contributed by atoms with Gasteiger partial charge in [0.05, 0.1) is 10.0 Å². The molecule has 0 radical (unpaired) electrons. The monoisotopic (exact) mass is 301 g/mol. The number of aryl methyl sites for hydroxylation is 1. The molecule has 0 fully saturated rings. The van der Waals surface area contributed by atoms with Gasteiger partial charge in [-0.15, -0.1) is 0 Å². The average molecular weight is 302 g/mol. The number of halogens is 3. The lowest BCUT2D eigenvalue weighted by molar-refractivity contribution is 0.628. The Morgan fingerprint density at radius 1 is 1.32 bits per heavy atom. The van der Waals surface area contributed by atoms with Crippen molar-refractivity contribution in [3.63, 3.8) is 0 Å². The summed E-state index contributed by atoms with van der Waals surface area (Å²) < 4.78 is 15.3. The van der Waals surface area contributed by atoms with Gasteiger partial charge in [0, 0.05) is 24.6 Å². The number of imidazole rings is 1. The van der Waals surface area contributed by atoms with Gasteiger partial charge in [-0.2, -0.15) is 0 Å². The molecule has 2 rings (SSSR count). The van der Waals surface area contributed by atoms with E-state index >= 15 is 0 Å². The van der Waals surface area contributed by atoms with Gasteiger partial charge in [-0.1, -0.05) is 36.5 Å². The number of hydrogen-bond acceptors (Lipinski definition) is 2. The van der Waals surface area contributed by atoms with E-state index in [4.69, 9.17) is 23.2 Å². The topological polar surface area (TPSA) is 29.9 Å². The summed E-state index contributed by atoms with van der Waals surface area (Å²) in [6, 6.07) is 2.98. The molecule has 0 saturated heterocycles. The molecule has 0 aliphatic rings. The van der Waals surface area contributed by atoms with Gasteiger partial charge < -0.3 is 9.88 Å². The third kappa shape index (κ3) is 3.39. The second-order valence-corrected chi connectivity index (χ2v) is 4.99. The Labute approximate surface area is 121 Å². The highest BCUT2D eigenvalue weighted by Crippen LogP contribution is 2.28. The summed E-state index contributed by atoms with van der Waals surface area (Å²) in [5.74, 6) is 0.0791. The van der Waals surface area contributed by atoms with Crippen LogP contribution in [0.4, 0.5) is 16.0 Å². The molecule has 102 valence electrons. The van der Waals surface area contributed by atoms with Gasteiger partial charge in [0.2, 0.25) is 5.95 Å². The van der Waals surface area contributed by atoms with E-state index in [-0.39, 0.29) is 10.0 Å². The van der Waals surface area contributed by atoms with Gasteiger partial charge in [-0.05, 0) is 18.6 Å². The van der Waals surface area contributed by atoms with Crippen molar-refractivity contribution in [3.8, 4) is 0 Å². The molecule has 0 aliphatic carbocycles. The molecular weight excluding hydrogens is 288 g/mol. The molecule has 6 heteroatoms. The predicted octanol–water partition coefficient (Wildman–Crippen LogP) is 4.87. The van der Waals surface area contributed by atoms with Crippen LogP contribution in [0.3, 0.4) is 0 Å². The number of rotatable bonds is 5. The molecule has 0 bridgehead atoms. The van der Waals surface area contributed by atoms with Crippen LogP contribution in [0.5, 0.6) is 0 Å². The number of anilines is 2. The van der Waals surface area contributed by atoms with Crippen molar-refractivity contribution in [2.45, 2.75) is 26.3 Å². The molecule has 19 heavy (non-hydrogen) atoms. The molecule has 1 aromatic carbocycles. The fraction of sp³-hybridized carbons (Fsp3) is 0.308. The number of nitrogens with zero attached hydrogens (tertiary/aromatic N) is 2. The minimum atomic E-state index is -0.608. The Morgan fingerprint density at radius 3 is 2.63 bits per heavy atom. The van der Waals surface area contributed by atoms with Gasteiger partial charge in [-0.3, -0.25) is 0 Å². The summed E-state index contributed by atoms with van der Waals surface area (Å²) in [5, 5.41) is 3.06. The molecule has 0 spiro atoms. The average Bonchev–Trinajstić information content (AvgIpc) is 2.80. The maximum atomic E-state index is 13.3. The molecule has 0 aliphatic heterocycles. The summed E-state index contributed by atoms with van der Waals surface area (Å²) in [6.45, 7) is 3.01. The first-order chi connectivity index (χ1) is 9.11.